The Morgan fingerprint density at radius 2 is 1.94 bits per heavy atom. The molecule has 0 spiro atoms. The van der Waals surface area contributed by atoms with E-state index in [0.29, 0.717) is 10.7 Å². The highest BCUT2D eigenvalue weighted by Gasteiger charge is 2.28. The normalized spacial score (nSPS) is 20.8. The summed E-state index contributed by atoms with van der Waals surface area (Å²) in [5, 5.41) is 0. The van der Waals surface area contributed by atoms with E-state index in [4.69, 9.17) is 0 Å². The fourth-order valence-electron chi connectivity index (χ4n) is 2.79. The molecule has 1 aliphatic heterocycles. The molecule has 0 aromatic carbocycles. The molecule has 0 aromatic heterocycles. The average molecular weight is 318 g/mol. The van der Waals surface area contributed by atoms with E-state index in [0.717, 1.165) is 44.7 Å². The Labute approximate surface area is 121 Å². The van der Waals surface area contributed by atoms with Gasteiger partial charge < -0.3 is 4.90 Å². The van der Waals surface area contributed by atoms with E-state index in [9.17, 15) is 4.79 Å². The lowest BCUT2D eigenvalue weighted by atomic mass is 9.92. The van der Waals surface area contributed by atoms with Crippen molar-refractivity contribution in [1.29, 1.82) is 0 Å². The van der Waals surface area contributed by atoms with Crippen molar-refractivity contribution in [2.24, 2.45) is 11.8 Å². The zero-order valence-corrected chi connectivity index (χ0v) is 13.7. The SMILES string of the molecule is CCCCC(CC)C(=O)N1CCC(C(C)Br)CC1. The van der Waals surface area contributed by atoms with Crippen LogP contribution in [0.5, 0.6) is 0 Å². The molecule has 2 atom stereocenters. The second-order valence-corrected chi connectivity index (χ2v) is 7.03. The Hall–Kier alpha value is -0.0500. The van der Waals surface area contributed by atoms with Crippen molar-refractivity contribution in [2.45, 2.75) is 64.1 Å². The van der Waals surface area contributed by atoms with Crippen LogP contribution < -0.4 is 0 Å². The van der Waals surface area contributed by atoms with Gasteiger partial charge >= 0.3 is 0 Å². The molecule has 18 heavy (non-hydrogen) atoms. The van der Waals surface area contributed by atoms with E-state index in [1.165, 1.54) is 12.8 Å². The van der Waals surface area contributed by atoms with Crippen molar-refractivity contribution in [1.82, 2.24) is 4.90 Å². The van der Waals surface area contributed by atoms with Crippen molar-refractivity contribution in [3.63, 3.8) is 0 Å². The third-order valence-corrected chi connectivity index (χ3v) is 5.00. The van der Waals surface area contributed by atoms with Crippen LogP contribution in [0.2, 0.25) is 0 Å². The van der Waals surface area contributed by atoms with Crippen LogP contribution in [0.25, 0.3) is 0 Å². The smallest absolute Gasteiger partial charge is 0.225 e. The van der Waals surface area contributed by atoms with E-state index in [1.807, 2.05) is 0 Å². The molecule has 106 valence electrons. The van der Waals surface area contributed by atoms with Gasteiger partial charge in [0.25, 0.3) is 0 Å². The first-order valence-electron chi connectivity index (χ1n) is 7.52. The zero-order chi connectivity index (χ0) is 13.5. The number of amides is 1. The predicted molar refractivity (Wildman–Crippen MR) is 81.0 cm³/mol. The summed E-state index contributed by atoms with van der Waals surface area (Å²) in [6, 6.07) is 0. The second-order valence-electron chi connectivity index (χ2n) is 5.59. The number of halogens is 1. The van der Waals surface area contributed by atoms with Crippen LogP contribution in [-0.4, -0.2) is 28.7 Å². The van der Waals surface area contributed by atoms with Crippen LogP contribution in [0.15, 0.2) is 0 Å². The average Bonchev–Trinajstić information content (AvgIpc) is 2.39. The van der Waals surface area contributed by atoms with Gasteiger partial charge in [-0.1, -0.05) is 49.5 Å². The number of rotatable bonds is 6. The molecule has 1 heterocycles. The van der Waals surface area contributed by atoms with Gasteiger partial charge in [0.1, 0.15) is 0 Å². The summed E-state index contributed by atoms with van der Waals surface area (Å²) in [6.45, 7) is 8.48. The van der Waals surface area contributed by atoms with Gasteiger partial charge in [-0.3, -0.25) is 4.79 Å². The number of hydrogen-bond acceptors (Lipinski definition) is 1. The lowest BCUT2D eigenvalue weighted by Crippen LogP contribution is -2.42. The number of piperidine rings is 1. The maximum absolute atomic E-state index is 12.4. The number of likely N-dealkylation sites (tertiary alicyclic amines) is 1. The summed E-state index contributed by atoms with van der Waals surface area (Å²) in [4.78, 5) is 15.1. The highest BCUT2D eigenvalue weighted by Crippen LogP contribution is 2.26. The molecule has 0 bridgehead atoms. The third kappa shape index (κ3) is 4.56. The number of nitrogens with zero attached hydrogens (tertiary/aromatic N) is 1. The molecule has 0 radical (unpaired) electrons. The summed E-state index contributed by atoms with van der Waals surface area (Å²) in [5.41, 5.74) is 0. The minimum Gasteiger partial charge on any atom is -0.342 e. The maximum Gasteiger partial charge on any atom is 0.225 e. The molecule has 1 saturated heterocycles. The number of unbranched alkanes of at least 4 members (excludes halogenated alkanes) is 1. The Morgan fingerprint density at radius 1 is 1.33 bits per heavy atom. The first kappa shape index (κ1) is 16.0. The lowest BCUT2D eigenvalue weighted by molar-refractivity contribution is -0.137. The van der Waals surface area contributed by atoms with Crippen LogP contribution in [-0.2, 0) is 4.79 Å². The van der Waals surface area contributed by atoms with Crippen molar-refractivity contribution < 1.29 is 4.79 Å². The van der Waals surface area contributed by atoms with Gasteiger partial charge in [-0.05, 0) is 31.6 Å². The summed E-state index contributed by atoms with van der Waals surface area (Å²) >= 11 is 3.67. The minimum absolute atomic E-state index is 0.267. The van der Waals surface area contributed by atoms with Gasteiger partial charge in [0, 0.05) is 23.8 Å². The minimum atomic E-state index is 0.267. The molecule has 3 heteroatoms. The summed E-state index contributed by atoms with van der Waals surface area (Å²) in [6.07, 6.45) is 6.74. The van der Waals surface area contributed by atoms with Gasteiger partial charge in [-0.15, -0.1) is 0 Å². The molecule has 1 rings (SSSR count). The zero-order valence-electron chi connectivity index (χ0n) is 12.1. The molecule has 0 aromatic rings. The summed E-state index contributed by atoms with van der Waals surface area (Å²) < 4.78 is 0. The van der Waals surface area contributed by atoms with Gasteiger partial charge in [0.05, 0.1) is 0 Å². The predicted octanol–water partition coefficient (Wildman–Crippen LogP) is 4.22. The highest BCUT2D eigenvalue weighted by molar-refractivity contribution is 9.09. The van der Waals surface area contributed by atoms with Crippen LogP contribution in [0.4, 0.5) is 0 Å². The van der Waals surface area contributed by atoms with Crippen molar-refractivity contribution in [2.75, 3.05) is 13.1 Å². The van der Waals surface area contributed by atoms with E-state index in [2.05, 4.69) is 41.6 Å². The molecule has 0 N–H and O–H groups in total. The highest BCUT2D eigenvalue weighted by atomic mass is 79.9. The van der Waals surface area contributed by atoms with Crippen molar-refractivity contribution in [3.8, 4) is 0 Å². The van der Waals surface area contributed by atoms with Gasteiger partial charge in [0.15, 0.2) is 0 Å². The number of hydrogen-bond donors (Lipinski definition) is 0. The van der Waals surface area contributed by atoms with Crippen molar-refractivity contribution in [3.05, 3.63) is 0 Å². The monoisotopic (exact) mass is 317 g/mol. The molecule has 0 saturated carbocycles. The molecule has 2 unspecified atom stereocenters. The second kappa shape index (κ2) is 8.19. The number of carbonyl (C=O) groups excluding carboxylic acids is 1. The first-order valence-corrected chi connectivity index (χ1v) is 8.44. The van der Waals surface area contributed by atoms with E-state index < -0.39 is 0 Å². The molecule has 1 aliphatic rings. The van der Waals surface area contributed by atoms with Crippen molar-refractivity contribution >= 4 is 21.8 Å². The van der Waals surface area contributed by atoms with E-state index >= 15 is 0 Å². The van der Waals surface area contributed by atoms with Gasteiger partial charge in [-0.25, -0.2) is 0 Å². The van der Waals surface area contributed by atoms with Crippen LogP contribution in [0.1, 0.15) is 59.3 Å². The molecular weight excluding hydrogens is 290 g/mol. The molecule has 1 amide bonds. The topological polar surface area (TPSA) is 20.3 Å². The third-order valence-electron chi connectivity index (χ3n) is 4.25. The molecule has 0 aliphatic carbocycles. The Balaban J connectivity index is 2.42. The van der Waals surface area contributed by atoms with Gasteiger partial charge in [-0.2, -0.15) is 0 Å². The van der Waals surface area contributed by atoms with Gasteiger partial charge in [0.2, 0.25) is 5.91 Å². The summed E-state index contributed by atoms with van der Waals surface area (Å²) in [7, 11) is 0. The van der Waals surface area contributed by atoms with Crippen LogP contribution in [0.3, 0.4) is 0 Å². The fourth-order valence-corrected chi connectivity index (χ4v) is 3.32. The standard InChI is InChI=1S/C15H28BrNO/c1-4-6-7-13(5-2)15(18)17-10-8-14(9-11-17)12(3)16/h12-14H,4-11H2,1-3H3. The largest absolute Gasteiger partial charge is 0.342 e. The first-order chi connectivity index (χ1) is 8.60. The maximum atomic E-state index is 12.4. The van der Waals surface area contributed by atoms with Crippen LogP contribution >= 0.6 is 15.9 Å². The Kier molecular flexibility index (Phi) is 7.28. The number of carbonyl (C=O) groups is 1. The summed E-state index contributed by atoms with van der Waals surface area (Å²) in [5.74, 6) is 1.42. The molecular formula is C15H28BrNO. The molecule has 1 fully saturated rings. The fraction of sp³-hybridized carbons (Fsp3) is 0.933. The quantitative estimate of drug-likeness (QED) is 0.671. The van der Waals surface area contributed by atoms with E-state index in [1.54, 1.807) is 0 Å². The molecule has 2 nitrogen and oxygen atoms in total. The van der Waals surface area contributed by atoms with Crippen LogP contribution in [0, 0.1) is 11.8 Å². The lowest BCUT2D eigenvalue weighted by Gasteiger charge is -2.35. The Morgan fingerprint density at radius 3 is 2.39 bits per heavy atom. The Bertz CT molecular complexity index is 247. The van der Waals surface area contributed by atoms with E-state index in [-0.39, 0.29) is 5.92 Å². The number of alkyl halides is 1.